The Bertz CT molecular complexity index is 2040. The van der Waals surface area contributed by atoms with Gasteiger partial charge in [0.25, 0.3) is 11.7 Å². The fraction of sp³-hybridized carbons (Fsp3) is 0.769. The lowest BCUT2D eigenvalue weighted by atomic mass is 9.71. The zero-order valence-electron chi connectivity index (χ0n) is 41.7. The van der Waals surface area contributed by atoms with Gasteiger partial charge in [0.15, 0.2) is 5.78 Å². The molecule has 0 radical (unpaired) electrons. The first kappa shape index (κ1) is 54.2. The summed E-state index contributed by atoms with van der Waals surface area (Å²) in [5, 5.41) is 34.3. The number of aliphatic hydroxyl groups is 3. The summed E-state index contributed by atoms with van der Waals surface area (Å²) in [6.07, 6.45) is 13.4. The van der Waals surface area contributed by atoms with E-state index in [0.717, 1.165) is 18.4 Å². The number of piperidine rings is 1. The molecule has 0 aromatic rings. The van der Waals surface area contributed by atoms with Crippen molar-refractivity contribution in [3.05, 3.63) is 47.6 Å². The van der Waals surface area contributed by atoms with Crippen LogP contribution in [0.3, 0.4) is 0 Å². The fourth-order valence-corrected chi connectivity index (χ4v) is 13.9. The van der Waals surface area contributed by atoms with Crippen molar-refractivity contribution in [1.82, 2.24) is 9.21 Å². The van der Waals surface area contributed by atoms with E-state index in [9.17, 15) is 42.9 Å². The minimum Gasteiger partial charge on any atom is -0.461 e. The van der Waals surface area contributed by atoms with Crippen molar-refractivity contribution in [2.24, 2.45) is 41.4 Å². The Kier molecular flexibility index (Phi) is 18.7. The zero-order valence-corrected chi connectivity index (χ0v) is 42.5. The summed E-state index contributed by atoms with van der Waals surface area (Å²) in [7, 11) is -0.564. The number of ketones is 2. The van der Waals surface area contributed by atoms with Gasteiger partial charge in [-0.3, -0.25) is 14.4 Å². The summed E-state index contributed by atoms with van der Waals surface area (Å²) in [4.78, 5) is 58.3. The van der Waals surface area contributed by atoms with Crippen LogP contribution in [0.2, 0.25) is 0 Å². The highest BCUT2D eigenvalue weighted by molar-refractivity contribution is 7.89. The van der Waals surface area contributed by atoms with Gasteiger partial charge in [0.05, 0.1) is 24.1 Å². The fourth-order valence-electron chi connectivity index (χ4n) is 12.1. The molecule has 1 aliphatic carbocycles. The number of carbonyl (C=O) groups excluding carboxylic acids is 4. The Morgan fingerprint density at radius 1 is 0.809 bits per heavy atom. The molecule has 5 heterocycles. The van der Waals surface area contributed by atoms with E-state index < -0.39 is 87.9 Å². The van der Waals surface area contributed by atoms with Crippen LogP contribution in [0.1, 0.15) is 125 Å². The molecule has 382 valence electrons. The molecule has 5 aliphatic heterocycles. The normalized spacial score (nSPS) is 42.8. The van der Waals surface area contributed by atoms with Crippen molar-refractivity contribution >= 4 is 33.5 Å². The van der Waals surface area contributed by atoms with E-state index in [1.165, 1.54) is 16.3 Å². The van der Waals surface area contributed by atoms with Gasteiger partial charge in [0, 0.05) is 45.2 Å². The zero-order chi connectivity index (χ0) is 49.7. The van der Waals surface area contributed by atoms with Gasteiger partial charge in [-0.25, -0.2) is 13.2 Å². The number of ether oxygens (including phenoxy) is 4. The molecule has 1 saturated carbocycles. The monoisotopic (exact) mass is 973 g/mol. The summed E-state index contributed by atoms with van der Waals surface area (Å²) in [6.45, 7) is 11.6. The van der Waals surface area contributed by atoms with Gasteiger partial charge in [-0.05, 0) is 132 Å². The van der Waals surface area contributed by atoms with Crippen molar-refractivity contribution in [1.29, 1.82) is 0 Å². The van der Waals surface area contributed by atoms with Crippen molar-refractivity contribution < 1.29 is 61.9 Å². The van der Waals surface area contributed by atoms with Gasteiger partial charge in [-0.15, -0.1) is 0 Å². The lowest BCUT2D eigenvalue weighted by Crippen LogP contribution is -2.61. The molecular weight excluding hydrogens is 893 g/mol. The van der Waals surface area contributed by atoms with Gasteiger partial charge < -0.3 is 39.2 Å². The standard InChI is InChI=1S/C52H80N2O13S/c1-31-13-10-9-11-14-33(3)41(54-22-12-24-68(54,62)63)30-39-18-16-36(6)52(61,67-39)49(58)50(59)53-23-21-38-29-42(53)51(60)66-44(40(38)27-37-17-19-43(55)45(28-37)64-7)20-15-32(2)26-35(5)47(57)48(65-8)46(56)34(4)25-31/h9-11,13-14,26,31-32,34,36-45,47-48,55,57,61H,12,15-25,27-30H2,1-8H3/b11-9+,13-10+,33-14?,35-26+/t31-,32+,34-,36-,37+,38+,39+,40?,41+,42+,43-,44+,45-,47-,48+,52-/m1/s1. The Labute approximate surface area is 404 Å². The van der Waals surface area contributed by atoms with Crippen LogP contribution in [0.5, 0.6) is 0 Å². The van der Waals surface area contributed by atoms with Crippen LogP contribution in [0.25, 0.3) is 0 Å². The molecule has 5 bridgehead atoms. The number of amides is 1. The van der Waals surface area contributed by atoms with Crippen LogP contribution in [0, 0.1) is 41.4 Å². The van der Waals surface area contributed by atoms with Crippen LogP contribution >= 0.6 is 0 Å². The predicted molar refractivity (Wildman–Crippen MR) is 256 cm³/mol. The Morgan fingerprint density at radius 3 is 2.25 bits per heavy atom. The third-order valence-corrected chi connectivity index (χ3v) is 18.2. The molecule has 0 spiro atoms. The summed E-state index contributed by atoms with van der Waals surface area (Å²) in [5.41, 5.74) is 1.33. The topological polar surface area (TPSA) is 207 Å². The predicted octanol–water partition coefficient (Wildman–Crippen LogP) is 5.61. The van der Waals surface area contributed by atoms with E-state index in [0.29, 0.717) is 69.9 Å². The first-order valence-electron chi connectivity index (χ1n) is 25.3. The summed E-state index contributed by atoms with van der Waals surface area (Å²) in [6, 6.07) is -1.70. The average Bonchev–Trinajstić information content (AvgIpc) is 3.62. The Morgan fingerprint density at radius 2 is 1.56 bits per heavy atom. The van der Waals surface area contributed by atoms with Crippen LogP contribution in [-0.4, -0.2) is 144 Å². The first-order valence-corrected chi connectivity index (χ1v) is 26.9. The highest BCUT2D eigenvalue weighted by Crippen LogP contribution is 2.44. The number of nitrogens with zero attached hydrogens (tertiary/aromatic N) is 2. The molecule has 6 rings (SSSR count). The molecular formula is C52H80N2O13S. The Hall–Kier alpha value is -3.09. The molecule has 15 nitrogen and oxygen atoms in total. The number of allylic oxidation sites excluding steroid dienone is 6. The molecule has 16 heteroatoms. The minimum atomic E-state index is -3.60. The molecule has 4 saturated heterocycles. The number of carbonyl (C=O) groups is 4. The van der Waals surface area contributed by atoms with Gasteiger partial charge in [-0.2, -0.15) is 4.31 Å². The molecule has 0 aromatic heterocycles. The minimum absolute atomic E-state index is 0.00280. The Balaban J connectivity index is 1.33. The van der Waals surface area contributed by atoms with E-state index in [-0.39, 0.29) is 66.6 Å². The maximum absolute atomic E-state index is 14.5. The number of sulfonamides is 1. The van der Waals surface area contributed by atoms with Crippen LogP contribution < -0.4 is 0 Å². The second-order valence-electron chi connectivity index (χ2n) is 21.2. The van der Waals surface area contributed by atoms with E-state index >= 15 is 0 Å². The van der Waals surface area contributed by atoms with Gasteiger partial charge in [0.2, 0.25) is 15.8 Å². The number of fused-ring (bicyclic) bond motifs is 5. The summed E-state index contributed by atoms with van der Waals surface area (Å²) >= 11 is 0. The highest BCUT2D eigenvalue weighted by Gasteiger charge is 2.55. The lowest BCUT2D eigenvalue weighted by molar-refractivity contribution is -0.264. The number of aliphatic hydroxyl groups excluding tert-OH is 2. The maximum atomic E-state index is 14.5. The van der Waals surface area contributed by atoms with Gasteiger partial charge in [0.1, 0.15) is 24.4 Å². The quantitative estimate of drug-likeness (QED) is 0.174. The van der Waals surface area contributed by atoms with E-state index in [2.05, 4.69) is 0 Å². The van der Waals surface area contributed by atoms with Crippen LogP contribution in [0.15, 0.2) is 47.6 Å². The molecule has 6 aliphatic rings. The average molecular weight is 973 g/mol. The maximum Gasteiger partial charge on any atom is 0.329 e. The first-order chi connectivity index (χ1) is 32.2. The molecule has 16 atom stereocenters. The smallest absolute Gasteiger partial charge is 0.329 e. The third-order valence-electron chi connectivity index (χ3n) is 16.2. The molecule has 5 fully saturated rings. The van der Waals surface area contributed by atoms with Gasteiger partial charge >= 0.3 is 5.97 Å². The lowest BCUT2D eigenvalue weighted by Gasteiger charge is -2.44. The number of rotatable bonds is 5. The summed E-state index contributed by atoms with van der Waals surface area (Å²) in [5.74, 6) is -6.64. The second kappa shape index (κ2) is 23.4. The van der Waals surface area contributed by atoms with Crippen molar-refractivity contribution in [3.8, 4) is 0 Å². The third kappa shape index (κ3) is 12.5. The van der Waals surface area contributed by atoms with E-state index in [4.69, 9.17) is 18.9 Å². The van der Waals surface area contributed by atoms with Crippen molar-refractivity contribution in [2.45, 2.75) is 180 Å². The number of hydrogen-bond donors (Lipinski definition) is 3. The largest absolute Gasteiger partial charge is 0.461 e. The number of esters is 1. The number of Topliss-reactive ketones (excluding diaryl/α,β-unsaturated/α-hetero) is 2. The van der Waals surface area contributed by atoms with Crippen molar-refractivity contribution in [2.75, 3.05) is 33.1 Å². The van der Waals surface area contributed by atoms with Crippen LogP contribution in [-0.2, 0) is 48.1 Å². The number of methoxy groups -OCH3 is 2. The van der Waals surface area contributed by atoms with Gasteiger partial charge in [-0.1, -0.05) is 69.7 Å². The highest BCUT2D eigenvalue weighted by atomic mass is 32.2. The summed E-state index contributed by atoms with van der Waals surface area (Å²) < 4.78 is 52.2. The number of hydrogen-bond acceptors (Lipinski definition) is 13. The van der Waals surface area contributed by atoms with Crippen molar-refractivity contribution in [3.63, 3.8) is 0 Å². The molecule has 68 heavy (non-hydrogen) atoms. The SMILES string of the molecule is CO[C@@H]1C[C@H](CC2[C@H]3CCN4C(=O)C(=O)[C@]5(O)O[C@@H](CC[C@H]5C)C[C@H](N5CCCS5(=O)=O)C(C)=C/C=C/C=C/[C@@H](C)C[C@@H](C)C(=O)[C@H](OC)[C@H](O)/C(C)=C/[C@@H](C)CC[C@@H]2OC(=O)[C@@H]4C3)CC[C@H]1O. The molecule has 1 unspecified atom stereocenters. The molecule has 1 amide bonds. The molecule has 3 N–H and O–H groups in total. The van der Waals surface area contributed by atoms with E-state index in [1.54, 1.807) is 21.0 Å². The molecule has 0 aromatic carbocycles. The van der Waals surface area contributed by atoms with E-state index in [1.807, 2.05) is 64.2 Å². The second-order valence-corrected chi connectivity index (χ2v) is 23.3. The van der Waals surface area contributed by atoms with Crippen LogP contribution in [0.4, 0.5) is 0 Å².